The monoisotopic (exact) mass is 719 g/mol. The summed E-state index contributed by atoms with van der Waals surface area (Å²) in [7, 11) is 0. The Hall–Kier alpha value is -5.47. The molecule has 8 rings (SSSR count). The lowest BCUT2D eigenvalue weighted by molar-refractivity contribution is 0.401. The number of aromatic hydroxyl groups is 1. The van der Waals surface area contributed by atoms with E-state index in [2.05, 4.69) is 176 Å². The average molecular weight is 720 g/mol. The topological polar surface area (TPSA) is 33.1 Å². The molecule has 0 amide bonds. The minimum atomic E-state index is -0.502. The van der Waals surface area contributed by atoms with Gasteiger partial charge in [-0.2, -0.15) is 0 Å². The number of hydrogen-bond donors (Lipinski definition) is 1. The van der Waals surface area contributed by atoms with Crippen molar-refractivity contribution in [2.75, 3.05) is 0 Å². The van der Waals surface area contributed by atoms with Gasteiger partial charge in [0.2, 0.25) is 0 Å². The van der Waals surface area contributed by atoms with Crippen LogP contribution >= 0.6 is 0 Å². The van der Waals surface area contributed by atoms with Crippen LogP contribution in [0.4, 0.5) is 0 Å². The number of para-hydroxylation sites is 1. The van der Waals surface area contributed by atoms with Gasteiger partial charge in [-0.1, -0.05) is 175 Å². The Morgan fingerprint density at radius 2 is 1.33 bits per heavy atom. The number of phenolic OH excluding ortho intramolecular Hbond substituents is 1. The number of aromatic nitrogens is 1. The summed E-state index contributed by atoms with van der Waals surface area (Å²) in [5, 5.41) is 11.2. The zero-order valence-corrected chi connectivity index (χ0v) is 33.4. The van der Waals surface area contributed by atoms with Crippen molar-refractivity contribution in [1.82, 2.24) is 4.98 Å². The van der Waals surface area contributed by atoms with Crippen LogP contribution in [0.3, 0.4) is 0 Å². The molecule has 0 radical (unpaired) electrons. The summed E-state index contributed by atoms with van der Waals surface area (Å²) in [6.45, 7) is 16.3. The average Bonchev–Trinajstić information content (AvgIpc) is 3.45. The van der Waals surface area contributed by atoms with Gasteiger partial charge in [-0.25, -0.2) is 4.98 Å². The van der Waals surface area contributed by atoms with Gasteiger partial charge < -0.3 is 5.11 Å². The van der Waals surface area contributed by atoms with Crippen LogP contribution in [0.5, 0.6) is 5.75 Å². The molecule has 0 bridgehead atoms. The van der Waals surface area contributed by atoms with Gasteiger partial charge in [-0.15, -0.1) is 0 Å². The van der Waals surface area contributed by atoms with E-state index < -0.39 is 5.41 Å². The second kappa shape index (κ2) is 14.0. The van der Waals surface area contributed by atoms with Crippen LogP contribution < -0.4 is 0 Å². The highest BCUT2D eigenvalue weighted by atomic mass is 16.3. The predicted molar refractivity (Wildman–Crippen MR) is 231 cm³/mol. The fourth-order valence-electron chi connectivity index (χ4n) is 9.30. The number of benzene rings is 4. The molecule has 2 unspecified atom stereocenters. The van der Waals surface area contributed by atoms with E-state index >= 15 is 0 Å². The highest BCUT2D eigenvalue weighted by Crippen LogP contribution is 2.57. The first-order valence-electron chi connectivity index (χ1n) is 20.0. The standard InChI is InChI=1S/C53H53NO/c1-35-44(33-40(51(2,3)4)34-47(35)52(5,6)7)37-31-48(54-49(32-37)43-26-15-18-29-50(43)55)36-20-19-23-39(30-36)53(38-21-11-9-8-10-12-22-38)45-27-16-13-24-41(45)42-25-14-17-28-46(42)53/h8-9,11,13-35,44,55H,10,12H2,1-7H3/b9-8+,21-11?,38-22?. The van der Waals surface area contributed by atoms with Gasteiger partial charge in [-0.3, -0.25) is 0 Å². The van der Waals surface area contributed by atoms with Crippen molar-refractivity contribution < 1.29 is 5.11 Å². The maximum Gasteiger partial charge on any atom is 0.124 e. The third-order valence-electron chi connectivity index (χ3n) is 12.0. The fraction of sp³-hybridized carbons (Fsp3) is 0.264. The first kappa shape index (κ1) is 36.5. The Labute approximate surface area is 328 Å². The smallest absolute Gasteiger partial charge is 0.124 e. The second-order valence-corrected chi connectivity index (χ2v) is 17.7. The van der Waals surface area contributed by atoms with Gasteiger partial charge in [0.15, 0.2) is 0 Å². The minimum Gasteiger partial charge on any atom is -0.507 e. The molecule has 2 atom stereocenters. The van der Waals surface area contributed by atoms with Crippen molar-refractivity contribution in [3.63, 3.8) is 0 Å². The van der Waals surface area contributed by atoms with Crippen LogP contribution in [0.15, 0.2) is 168 Å². The molecule has 276 valence electrons. The lowest BCUT2D eigenvalue weighted by Gasteiger charge is -2.39. The van der Waals surface area contributed by atoms with E-state index in [-0.39, 0.29) is 28.4 Å². The van der Waals surface area contributed by atoms with Crippen LogP contribution in [-0.2, 0) is 5.41 Å². The van der Waals surface area contributed by atoms with Gasteiger partial charge in [-0.05, 0) is 104 Å². The van der Waals surface area contributed by atoms with Crippen molar-refractivity contribution >= 4 is 0 Å². The number of fused-ring (bicyclic) bond motifs is 3. The molecule has 0 saturated heterocycles. The largest absolute Gasteiger partial charge is 0.507 e. The molecule has 2 heteroatoms. The molecule has 2 nitrogen and oxygen atoms in total. The summed E-state index contributed by atoms with van der Waals surface area (Å²) in [5.74, 6) is 0.660. The number of allylic oxidation sites excluding steroid dienone is 10. The number of nitrogens with zero attached hydrogens (tertiary/aromatic N) is 1. The summed E-state index contributed by atoms with van der Waals surface area (Å²) in [5.41, 5.74) is 14.7. The Morgan fingerprint density at radius 3 is 2.00 bits per heavy atom. The number of phenols is 1. The summed E-state index contributed by atoms with van der Waals surface area (Å²) < 4.78 is 0. The highest BCUT2D eigenvalue weighted by molar-refractivity contribution is 5.87. The SMILES string of the molecule is CC1C(C(C)(C)C)=CC(C(C)(C)C)=CC1c1cc(-c2cccc(C3(C4=CCC/C=C/C=C4)c4ccccc4-c4ccccc43)c2)nc(-c2ccccc2O)c1. The second-order valence-electron chi connectivity index (χ2n) is 17.7. The number of hydrogen-bond acceptors (Lipinski definition) is 2. The summed E-state index contributed by atoms with van der Waals surface area (Å²) in [4.78, 5) is 5.38. The molecular formula is C53H53NO. The summed E-state index contributed by atoms with van der Waals surface area (Å²) in [6, 6.07) is 39.1. The third-order valence-corrected chi connectivity index (χ3v) is 12.0. The first-order valence-corrected chi connectivity index (χ1v) is 20.0. The number of rotatable bonds is 5. The molecule has 3 aliphatic carbocycles. The quantitative estimate of drug-likeness (QED) is 0.196. The van der Waals surface area contributed by atoms with Crippen LogP contribution in [0, 0.1) is 16.7 Å². The zero-order chi connectivity index (χ0) is 38.5. The molecule has 55 heavy (non-hydrogen) atoms. The number of pyridine rings is 1. The molecule has 1 heterocycles. The molecule has 5 aromatic rings. The molecule has 0 fully saturated rings. The first-order chi connectivity index (χ1) is 26.4. The highest BCUT2D eigenvalue weighted by Gasteiger charge is 2.46. The van der Waals surface area contributed by atoms with Gasteiger partial charge in [0.05, 0.1) is 16.8 Å². The normalized spacial score (nSPS) is 19.7. The summed E-state index contributed by atoms with van der Waals surface area (Å²) >= 11 is 0. The van der Waals surface area contributed by atoms with Gasteiger partial charge >= 0.3 is 0 Å². The zero-order valence-electron chi connectivity index (χ0n) is 33.4. The molecule has 0 aliphatic heterocycles. The van der Waals surface area contributed by atoms with E-state index in [1.54, 1.807) is 6.07 Å². The van der Waals surface area contributed by atoms with E-state index in [1.807, 2.05) is 18.2 Å². The molecular weight excluding hydrogens is 667 g/mol. The molecule has 0 spiro atoms. The third kappa shape index (κ3) is 6.46. The predicted octanol–water partition coefficient (Wildman–Crippen LogP) is 13.9. The van der Waals surface area contributed by atoms with Crippen LogP contribution in [-0.4, -0.2) is 10.1 Å². The van der Waals surface area contributed by atoms with E-state index in [1.165, 1.54) is 50.1 Å². The summed E-state index contributed by atoms with van der Waals surface area (Å²) in [6.07, 6.45) is 18.3. The van der Waals surface area contributed by atoms with Gasteiger partial charge in [0, 0.05) is 17.0 Å². The Morgan fingerprint density at radius 1 is 0.673 bits per heavy atom. The van der Waals surface area contributed by atoms with Gasteiger partial charge in [0.25, 0.3) is 0 Å². The van der Waals surface area contributed by atoms with Crippen LogP contribution in [0.2, 0.25) is 0 Å². The minimum absolute atomic E-state index is 0.00225. The molecule has 0 saturated carbocycles. The lowest BCUT2D eigenvalue weighted by Crippen LogP contribution is -2.29. The Balaban J connectivity index is 1.37. The molecule has 1 N–H and O–H groups in total. The molecule has 3 aliphatic rings. The van der Waals surface area contributed by atoms with Gasteiger partial charge in [0.1, 0.15) is 5.75 Å². The maximum absolute atomic E-state index is 11.2. The molecule has 4 aromatic carbocycles. The molecule has 1 aromatic heterocycles. The maximum atomic E-state index is 11.2. The van der Waals surface area contributed by atoms with E-state index in [0.29, 0.717) is 0 Å². The van der Waals surface area contributed by atoms with Crippen molar-refractivity contribution in [2.45, 2.75) is 72.6 Å². The van der Waals surface area contributed by atoms with E-state index in [9.17, 15) is 5.11 Å². The van der Waals surface area contributed by atoms with Crippen molar-refractivity contribution in [3.05, 3.63) is 191 Å². The Bertz CT molecular complexity index is 2390. The van der Waals surface area contributed by atoms with Crippen molar-refractivity contribution in [3.8, 4) is 39.4 Å². The Kier molecular flexibility index (Phi) is 9.28. The lowest BCUT2D eigenvalue weighted by atomic mass is 9.66. The van der Waals surface area contributed by atoms with E-state index in [0.717, 1.165) is 35.4 Å². The van der Waals surface area contributed by atoms with E-state index in [4.69, 9.17) is 4.98 Å². The van der Waals surface area contributed by atoms with Crippen molar-refractivity contribution in [1.29, 1.82) is 0 Å². The van der Waals surface area contributed by atoms with Crippen LogP contribution in [0.25, 0.3) is 33.6 Å². The van der Waals surface area contributed by atoms with Crippen LogP contribution in [0.1, 0.15) is 89.5 Å². The fourth-order valence-corrected chi connectivity index (χ4v) is 9.30. The van der Waals surface area contributed by atoms with Crippen molar-refractivity contribution in [2.24, 2.45) is 16.7 Å².